The fourth-order valence-corrected chi connectivity index (χ4v) is 4.29. The first kappa shape index (κ1) is 19.7. The van der Waals surface area contributed by atoms with Crippen LogP contribution in [0.15, 0.2) is 53.1 Å². The highest BCUT2D eigenvalue weighted by molar-refractivity contribution is 5.91. The topological polar surface area (TPSA) is 65.8 Å². The van der Waals surface area contributed by atoms with Crippen LogP contribution in [-0.2, 0) is 4.79 Å². The Balaban J connectivity index is 1.40. The zero-order chi connectivity index (χ0) is 20.1. The van der Waals surface area contributed by atoms with Gasteiger partial charge >= 0.3 is 0 Å². The first-order valence-electron chi connectivity index (χ1n) is 10.6. The molecular weight excluding hydrogens is 366 g/mol. The molecule has 1 unspecified atom stereocenters. The second-order valence-corrected chi connectivity index (χ2v) is 7.94. The van der Waals surface area contributed by atoms with Gasteiger partial charge in [0.15, 0.2) is 5.76 Å². The molecule has 2 aliphatic rings. The average molecular weight is 396 g/mol. The van der Waals surface area contributed by atoms with Crippen molar-refractivity contribution in [3.05, 3.63) is 60.1 Å². The molecule has 0 bridgehead atoms. The number of benzene rings is 1. The van der Waals surface area contributed by atoms with Gasteiger partial charge in [0.25, 0.3) is 5.91 Å². The van der Waals surface area contributed by atoms with Gasteiger partial charge in [-0.15, -0.1) is 0 Å². The van der Waals surface area contributed by atoms with E-state index in [1.165, 1.54) is 12.7 Å². The summed E-state index contributed by atoms with van der Waals surface area (Å²) in [5.74, 6) is 0.501. The number of likely N-dealkylation sites (tertiary alicyclic amines) is 2. The van der Waals surface area contributed by atoms with E-state index in [0.29, 0.717) is 18.8 Å². The standard InChI is InChI=1S/C23H29N3O3/c27-22(20-10-7-17-29-20)26-15-11-19(12-16-26)24-21(18-8-3-1-4-9-18)23(28)25-13-5-2-6-14-25/h1,3-4,7-10,17,19,21,24H,2,5-6,11-16H2. The maximum Gasteiger partial charge on any atom is 0.289 e. The second-order valence-electron chi connectivity index (χ2n) is 7.94. The van der Waals surface area contributed by atoms with Gasteiger partial charge in [-0.2, -0.15) is 0 Å². The van der Waals surface area contributed by atoms with E-state index in [4.69, 9.17) is 4.42 Å². The lowest BCUT2D eigenvalue weighted by Gasteiger charge is -2.36. The molecule has 6 heteroatoms. The third kappa shape index (κ3) is 4.70. The van der Waals surface area contributed by atoms with E-state index >= 15 is 0 Å². The Hall–Kier alpha value is -2.60. The molecule has 1 atom stereocenters. The number of hydrogen-bond donors (Lipinski definition) is 1. The minimum atomic E-state index is -0.327. The van der Waals surface area contributed by atoms with Crippen LogP contribution in [0.25, 0.3) is 0 Å². The number of piperidine rings is 2. The van der Waals surface area contributed by atoms with Gasteiger partial charge in [-0.25, -0.2) is 0 Å². The summed E-state index contributed by atoms with van der Waals surface area (Å²) < 4.78 is 5.24. The molecular formula is C23H29N3O3. The summed E-state index contributed by atoms with van der Waals surface area (Å²) in [6.45, 7) is 3.02. The lowest BCUT2D eigenvalue weighted by molar-refractivity contribution is -0.134. The van der Waals surface area contributed by atoms with Gasteiger partial charge in [-0.05, 0) is 49.8 Å². The number of amides is 2. The van der Waals surface area contributed by atoms with Crippen LogP contribution in [0.2, 0.25) is 0 Å². The van der Waals surface area contributed by atoms with Crippen molar-refractivity contribution in [3.63, 3.8) is 0 Å². The molecule has 4 rings (SSSR count). The van der Waals surface area contributed by atoms with Crippen molar-refractivity contribution in [3.8, 4) is 0 Å². The summed E-state index contributed by atoms with van der Waals surface area (Å²) in [4.78, 5) is 29.6. The van der Waals surface area contributed by atoms with E-state index in [1.807, 2.05) is 40.1 Å². The molecule has 2 amide bonds. The zero-order valence-electron chi connectivity index (χ0n) is 16.8. The van der Waals surface area contributed by atoms with E-state index < -0.39 is 0 Å². The largest absolute Gasteiger partial charge is 0.459 e. The molecule has 29 heavy (non-hydrogen) atoms. The van der Waals surface area contributed by atoms with Crippen LogP contribution >= 0.6 is 0 Å². The van der Waals surface area contributed by atoms with Crippen molar-refractivity contribution in [1.29, 1.82) is 0 Å². The summed E-state index contributed by atoms with van der Waals surface area (Å²) >= 11 is 0. The van der Waals surface area contributed by atoms with Gasteiger partial charge in [0, 0.05) is 32.2 Å². The molecule has 2 fully saturated rings. The van der Waals surface area contributed by atoms with Crippen molar-refractivity contribution in [2.45, 2.75) is 44.2 Å². The average Bonchev–Trinajstić information content (AvgIpc) is 3.33. The van der Waals surface area contributed by atoms with Crippen LogP contribution in [-0.4, -0.2) is 53.8 Å². The normalized spacial score (nSPS) is 19.2. The molecule has 1 aromatic heterocycles. The summed E-state index contributed by atoms with van der Waals surface area (Å²) in [5, 5.41) is 3.61. The number of hydrogen-bond acceptors (Lipinski definition) is 4. The summed E-state index contributed by atoms with van der Waals surface area (Å²) in [6, 6.07) is 13.3. The van der Waals surface area contributed by atoms with Crippen molar-refractivity contribution in [2.24, 2.45) is 0 Å². The van der Waals surface area contributed by atoms with Crippen molar-refractivity contribution < 1.29 is 14.0 Å². The van der Waals surface area contributed by atoms with Crippen LogP contribution in [0, 0.1) is 0 Å². The number of furan rings is 1. The quantitative estimate of drug-likeness (QED) is 0.844. The van der Waals surface area contributed by atoms with E-state index in [0.717, 1.165) is 44.3 Å². The molecule has 1 N–H and O–H groups in total. The molecule has 6 nitrogen and oxygen atoms in total. The van der Waals surface area contributed by atoms with Crippen molar-refractivity contribution in [1.82, 2.24) is 15.1 Å². The highest BCUT2D eigenvalue weighted by Crippen LogP contribution is 2.23. The summed E-state index contributed by atoms with van der Waals surface area (Å²) in [7, 11) is 0. The first-order chi connectivity index (χ1) is 14.2. The van der Waals surface area contributed by atoms with Gasteiger partial charge in [0.05, 0.1) is 6.26 Å². The highest BCUT2D eigenvalue weighted by Gasteiger charge is 2.31. The molecule has 2 aliphatic heterocycles. The van der Waals surface area contributed by atoms with Gasteiger partial charge in [0.2, 0.25) is 5.91 Å². The Labute approximate surface area is 171 Å². The minimum absolute atomic E-state index is 0.0579. The smallest absolute Gasteiger partial charge is 0.289 e. The van der Waals surface area contributed by atoms with E-state index in [9.17, 15) is 9.59 Å². The Kier molecular flexibility index (Phi) is 6.30. The fraction of sp³-hybridized carbons (Fsp3) is 0.478. The molecule has 1 aromatic carbocycles. The van der Waals surface area contributed by atoms with Crippen LogP contribution in [0.1, 0.15) is 54.3 Å². The Bertz CT molecular complexity index is 792. The third-order valence-corrected chi connectivity index (χ3v) is 5.96. The number of nitrogens with zero attached hydrogens (tertiary/aromatic N) is 2. The number of rotatable bonds is 5. The van der Waals surface area contributed by atoms with Gasteiger partial charge in [-0.1, -0.05) is 30.3 Å². The Morgan fingerprint density at radius 2 is 1.62 bits per heavy atom. The maximum absolute atomic E-state index is 13.3. The molecule has 154 valence electrons. The predicted molar refractivity (Wildman–Crippen MR) is 110 cm³/mol. The van der Waals surface area contributed by atoms with E-state index in [2.05, 4.69) is 5.32 Å². The highest BCUT2D eigenvalue weighted by atomic mass is 16.3. The van der Waals surface area contributed by atoms with Crippen molar-refractivity contribution >= 4 is 11.8 Å². The predicted octanol–water partition coefficient (Wildman–Crippen LogP) is 3.23. The van der Waals surface area contributed by atoms with Crippen LogP contribution in [0.5, 0.6) is 0 Å². The SMILES string of the molecule is O=C(c1ccco1)N1CCC(NC(C(=O)N2CCCCC2)c2ccccc2)CC1. The number of carbonyl (C=O) groups excluding carboxylic acids is 2. The molecule has 3 heterocycles. The summed E-state index contributed by atoms with van der Waals surface area (Å²) in [5.41, 5.74) is 1.01. The van der Waals surface area contributed by atoms with E-state index in [-0.39, 0.29) is 23.9 Å². The number of carbonyl (C=O) groups is 2. The Morgan fingerprint density at radius 1 is 0.897 bits per heavy atom. The molecule has 2 saturated heterocycles. The summed E-state index contributed by atoms with van der Waals surface area (Å²) in [6.07, 6.45) is 6.54. The first-order valence-corrected chi connectivity index (χ1v) is 10.6. The monoisotopic (exact) mass is 395 g/mol. The zero-order valence-corrected chi connectivity index (χ0v) is 16.8. The lowest BCUT2D eigenvalue weighted by atomic mass is 9.99. The lowest BCUT2D eigenvalue weighted by Crippen LogP contribution is -2.50. The molecule has 0 spiro atoms. The van der Waals surface area contributed by atoms with Gasteiger partial charge in [-0.3, -0.25) is 14.9 Å². The fourth-order valence-electron chi connectivity index (χ4n) is 4.29. The Morgan fingerprint density at radius 3 is 2.28 bits per heavy atom. The molecule has 0 aliphatic carbocycles. The third-order valence-electron chi connectivity index (χ3n) is 5.96. The molecule has 0 radical (unpaired) electrons. The van der Waals surface area contributed by atoms with Crippen molar-refractivity contribution in [2.75, 3.05) is 26.2 Å². The molecule has 2 aromatic rings. The van der Waals surface area contributed by atoms with E-state index in [1.54, 1.807) is 12.1 Å². The maximum atomic E-state index is 13.3. The number of nitrogens with one attached hydrogen (secondary N) is 1. The molecule has 0 saturated carbocycles. The van der Waals surface area contributed by atoms with Crippen LogP contribution in [0.4, 0.5) is 0 Å². The van der Waals surface area contributed by atoms with Crippen LogP contribution in [0.3, 0.4) is 0 Å². The van der Waals surface area contributed by atoms with Crippen LogP contribution < -0.4 is 5.32 Å². The van der Waals surface area contributed by atoms with Gasteiger partial charge < -0.3 is 14.2 Å². The second kappa shape index (κ2) is 9.27. The van der Waals surface area contributed by atoms with Gasteiger partial charge in [0.1, 0.15) is 6.04 Å². The minimum Gasteiger partial charge on any atom is -0.459 e.